The van der Waals surface area contributed by atoms with Gasteiger partial charge in [-0.25, -0.2) is 9.67 Å². The number of aromatic nitrogens is 6. The number of hydrogen-bond donors (Lipinski definition) is 1. The molecular formula is C27H23N7OS. The molecule has 0 atom stereocenters. The number of thioether (sulfide) groups is 1. The Morgan fingerprint density at radius 2 is 1.50 bits per heavy atom. The number of rotatable bonds is 8. The molecule has 3 aromatic carbocycles. The molecule has 0 bridgehead atoms. The summed E-state index contributed by atoms with van der Waals surface area (Å²) in [4.78, 5) is 17.2. The Hall–Kier alpha value is -4.37. The predicted molar refractivity (Wildman–Crippen MR) is 140 cm³/mol. The lowest BCUT2D eigenvalue weighted by Crippen LogP contribution is -2.19. The van der Waals surface area contributed by atoms with Gasteiger partial charge in [0.2, 0.25) is 11.1 Å². The van der Waals surface area contributed by atoms with Crippen molar-refractivity contribution in [1.29, 1.82) is 0 Å². The first kappa shape index (κ1) is 23.4. The molecule has 5 rings (SSSR count). The van der Waals surface area contributed by atoms with Gasteiger partial charge in [-0.1, -0.05) is 95.3 Å². The van der Waals surface area contributed by atoms with E-state index in [2.05, 4.69) is 25.8 Å². The van der Waals surface area contributed by atoms with Gasteiger partial charge in [0.1, 0.15) is 17.9 Å². The van der Waals surface area contributed by atoms with Crippen molar-refractivity contribution in [2.75, 3.05) is 5.32 Å². The fraction of sp³-hybridized carbons (Fsp3) is 0.111. The minimum atomic E-state index is -0.167. The van der Waals surface area contributed by atoms with Crippen molar-refractivity contribution in [3.05, 3.63) is 102 Å². The quantitative estimate of drug-likeness (QED) is 0.303. The SMILES string of the molecule is Cc1ccc(NC(=O)Cn2cc(CSc3nnc(-c4ccccc4)c(-c4ccccc4)n3)nn2)cc1. The summed E-state index contributed by atoms with van der Waals surface area (Å²) in [6.07, 6.45) is 1.76. The van der Waals surface area contributed by atoms with E-state index in [1.54, 1.807) is 6.20 Å². The maximum atomic E-state index is 12.3. The molecule has 36 heavy (non-hydrogen) atoms. The lowest BCUT2D eigenvalue weighted by atomic mass is 10.0. The average Bonchev–Trinajstić information content (AvgIpc) is 3.36. The summed E-state index contributed by atoms with van der Waals surface area (Å²) in [5.41, 5.74) is 6.04. The molecule has 0 saturated heterocycles. The third kappa shape index (κ3) is 5.81. The van der Waals surface area contributed by atoms with Gasteiger partial charge in [0.15, 0.2) is 0 Å². The Morgan fingerprint density at radius 1 is 0.833 bits per heavy atom. The summed E-state index contributed by atoms with van der Waals surface area (Å²) in [7, 11) is 0. The highest BCUT2D eigenvalue weighted by atomic mass is 32.2. The standard InChI is InChI=1S/C27H23N7OS/c1-19-12-14-22(15-13-19)28-24(35)17-34-16-23(30-33-34)18-36-27-29-25(20-8-4-2-5-9-20)26(31-32-27)21-10-6-3-7-11-21/h2-16H,17-18H2,1H3,(H,28,35). The number of carbonyl (C=O) groups excluding carboxylic acids is 1. The Bertz CT molecular complexity index is 1460. The molecule has 2 heterocycles. The normalized spacial score (nSPS) is 10.8. The molecule has 0 aliphatic rings. The van der Waals surface area contributed by atoms with E-state index in [-0.39, 0.29) is 12.5 Å². The zero-order valence-electron chi connectivity index (χ0n) is 19.6. The smallest absolute Gasteiger partial charge is 0.246 e. The van der Waals surface area contributed by atoms with Gasteiger partial charge in [0.25, 0.3) is 0 Å². The van der Waals surface area contributed by atoms with Crippen molar-refractivity contribution in [1.82, 2.24) is 30.2 Å². The van der Waals surface area contributed by atoms with E-state index in [0.29, 0.717) is 10.9 Å². The second kappa shape index (κ2) is 10.9. The van der Waals surface area contributed by atoms with Gasteiger partial charge in [-0.2, -0.15) is 0 Å². The first-order chi connectivity index (χ1) is 17.6. The van der Waals surface area contributed by atoms with Crippen LogP contribution in [0.1, 0.15) is 11.3 Å². The van der Waals surface area contributed by atoms with Crippen LogP contribution in [0.3, 0.4) is 0 Å². The summed E-state index contributed by atoms with van der Waals surface area (Å²) in [5, 5.41) is 20.5. The van der Waals surface area contributed by atoms with Crippen molar-refractivity contribution < 1.29 is 4.79 Å². The largest absolute Gasteiger partial charge is 0.324 e. The molecular weight excluding hydrogens is 470 g/mol. The predicted octanol–water partition coefficient (Wildman–Crippen LogP) is 5.04. The first-order valence-electron chi connectivity index (χ1n) is 11.4. The van der Waals surface area contributed by atoms with E-state index in [1.807, 2.05) is 91.9 Å². The van der Waals surface area contributed by atoms with E-state index in [9.17, 15) is 4.79 Å². The van der Waals surface area contributed by atoms with Crippen LogP contribution in [0.4, 0.5) is 5.69 Å². The summed E-state index contributed by atoms with van der Waals surface area (Å²) in [6.45, 7) is 2.08. The molecule has 1 N–H and O–H groups in total. The lowest BCUT2D eigenvalue weighted by molar-refractivity contribution is -0.116. The maximum Gasteiger partial charge on any atom is 0.246 e. The van der Waals surface area contributed by atoms with Crippen LogP contribution in [0, 0.1) is 6.92 Å². The van der Waals surface area contributed by atoms with E-state index >= 15 is 0 Å². The molecule has 178 valence electrons. The van der Waals surface area contributed by atoms with E-state index in [1.165, 1.54) is 16.4 Å². The van der Waals surface area contributed by atoms with E-state index < -0.39 is 0 Å². The zero-order chi connectivity index (χ0) is 24.7. The minimum absolute atomic E-state index is 0.0769. The van der Waals surface area contributed by atoms with Crippen molar-refractivity contribution in [3.8, 4) is 22.5 Å². The van der Waals surface area contributed by atoms with Crippen LogP contribution >= 0.6 is 11.8 Å². The highest BCUT2D eigenvalue weighted by Crippen LogP contribution is 2.30. The fourth-order valence-electron chi connectivity index (χ4n) is 3.56. The number of carbonyl (C=O) groups is 1. The number of amides is 1. The van der Waals surface area contributed by atoms with Crippen molar-refractivity contribution in [3.63, 3.8) is 0 Å². The maximum absolute atomic E-state index is 12.3. The summed E-state index contributed by atoms with van der Waals surface area (Å²) in [5.74, 6) is 0.333. The van der Waals surface area contributed by atoms with Gasteiger partial charge in [0.05, 0.1) is 5.69 Å². The Kier molecular flexibility index (Phi) is 7.09. The van der Waals surface area contributed by atoms with Crippen LogP contribution in [-0.4, -0.2) is 36.1 Å². The van der Waals surface area contributed by atoms with Gasteiger partial charge < -0.3 is 5.32 Å². The first-order valence-corrected chi connectivity index (χ1v) is 12.4. The third-order valence-corrected chi connectivity index (χ3v) is 6.21. The number of nitrogens with one attached hydrogen (secondary N) is 1. The second-order valence-electron chi connectivity index (χ2n) is 8.13. The molecule has 0 spiro atoms. The van der Waals surface area contributed by atoms with Gasteiger partial charge in [0, 0.05) is 28.8 Å². The average molecular weight is 494 g/mol. The third-order valence-electron chi connectivity index (χ3n) is 5.34. The van der Waals surface area contributed by atoms with Gasteiger partial charge >= 0.3 is 0 Å². The van der Waals surface area contributed by atoms with Crippen LogP contribution < -0.4 is 5.32 Å². The topological polar surface area (TPSA) is 98.5 Å². The highest BCUT2D eigenvalue weighted by Gasteiger charge is 2.14. The van der Waals surface area contributed by atoms with Crippen molar-refractivity contribution in [2.45, 2.75) is 24.4 Å². The molecule has 0 radical (unpaired) electrons. The van der Waals surface area contributed by atoms with E-state index in [0.717, 1.165) is 39.5 Å². The van der Waals surface area contributed by atoms with Crippen molar-refractivity contribution in [2.24, 2.45) is 0 Å². The number of nitrogens with zero attached hydrogens (tertiary/aromatic N) is 6. The van der Waals surface area contributed by atoms with Gasteiger partial charge in [-0.15, -0.1) is 15.3 Å². The van der Waals surface area contributed by atoms with Gasteiger partial charge in [-0.3, -0.25) is 4.79 Å². The molecule has 0 saturated carbocycles. The number of aryl methyl sites for hydroxylation is 1. The van der Waals surface area contributed by atoms with Crippen LogP contribution in [0.25, 0.3) is 22.5 Å². The molecule has 0 aliphatic carbocycles. The molecule has 2 aromatic heterocycles. The van der Waals surface area contributed by atoms with Crippen LogP contribution in [0.2, 0.25) is 0 Å². The number of hydrogen-bond acceptors (Lipinski definition) is 7. The lowest BCUT2D eigenvalue weighted by Gasteiger charge is -2.09. The molecule has 5 aromatic rings. The minimum Gasteiger partial charge on any atom is -0.324 e. The number of benzene rings is 3. The van der Waals surface area contributed by atoms with Crippen molar-refractivity contribution >= 4 is 23.4 Å². The van der Waals surface area contributed by atoms with Crippen LogP contribution in [0.5, 0.6) is 0 Å². The Morgan fingerprint density at radius 3 is 2.19 bits per heavy atom. The molecule has 1 amide bonds. The number of anilines is 1. The Balaban J connectivity index is 1.26. The monoisotopic (exact) mass is 493 g/mol. The zero-order valence-corrected chi connectivity index (χ0v) is 20.4. The molecule has 0 fully saturated rings. The van der Waals surface area contributed by atoms with Gasteiger partial charge in [-0.05, 0) is 19.1 Å². The summed E-state index contributed by atoms with van der Waals surface area (Å²) in [6, 6.07) is 27.5. The molecule has 0 aliphatic heterocycles. The fourth-order valence-corrected chi connectivity index (χ4v) is 4.23. The Labute approximate surface area is 212 Å². The van der Waals surface area contributed by atoms with Crippen LogP contribution in [-0.2, 0) is 17.1 Å². The summed E-state index contributed by atoms with van der Waals surface area (Å²) < 4.78 is 1.52. The highest BCUT2D eigenvalue weighted by molar-refractivity contribution is 7.98. The molecule has 0 unspecified atom stereocenters. The summed E-state index contributed by atoms with van der Waals surface area (Å²) >= 11 is 1.42. The second-order valence-corrected chi connectivity index (χ2v) is 9.08. The molecule has 8 nitrogen and oxygen atoms in total. The molecule has 9 heteroatoms. The van der Waals surface area contributed by atoms with E-state index in [4.69, 9.17) is 4.98 Å². The van der Waals surface area contributed by atoms with Crippen LogP contribution in [0.15, 0.2) is 96.3 Å².